The fourth-order valence-corrected chi connectivity index (χ4v) is 4.37. The SMILES string of the molecule is Cc1ccc(SCCNC(=O)C[NH+]2CCN(c3cccc(C)c3C)CC2)cc1. The number of benzene rings is 2. The molecule has 1 aliphatic rings. The van der Waals surface area contributed by atoms with E-state index in [1.807, 2.05) is 0 Å². The van der Waals surface area contributed by atoms with Crippen molar-refractivity contribution in [3.63, 3.8) is 0 Å². The third-order valence-electron chi connectivity index (χ3n) is 5.51. The van der Waals surface area contributed by atoms with Crippen LogP contribution in [0.15, 0.2) is 47.4 Å². The lowest BCUT2D eigenvalue weighted by Crippen LogP contribution is -3.16. The van der Waals surface area contributed by atoms with E-state index in [0.717, 1.165) is 38.5 Å². The van der Waals surface area contributed by atoms with E-state index in [1.165, 1.54) is 32.2 Å². The molecule has 1 amide bonds. The van der Waals surface area contributed by atoms with Gasteiger partial charge in [-0.05, 0) is 50.1 Å². The Morgan fingerprint density at radius 1 is 1.07 bits per heavy atom. The number of carbonyl (C=O) groups excluding carboxylic acids is 1. The van der Waals surface area contributed by atoms with Gasteiger partial charge in [0.15, 0.2) is 6.54 Å². The van der Waals surface area contributed by atoms with Crippen LogP contribution < -0.4 is 15.1 Å². The molecule has 2 aromatic carbocycles. The van der Waals surface area contributed by atoms with Crippen molar-refractivity contribution in [2.75, 3.05) is 49.9 Å². The van der Waals surface area contributed by atoms with Gasteiger partial charge in [0.05, 0.1) is 26.2 Å². The topological polar surface area (TPSA) is 36.8 Å². The standard InChI is InChI=1S/C23H31N3OS/c1-18-7-9-21(10-8-18)28-16-11-24-23(27)17-25-12-14-26(15-13-25)22-6-4-5-19(2)20(22)3/h4-10H,11-17H2,1-3H3,(H,24,27)/p+1. The van der Waals surface area contributed by atoms with Crippen molar-refractivity contribution in [3.8, 4) is 0 Å². The minimum absolute atomic E-state index is 0.166. The van der Waals surface area contributed by atoms with Gasteiger partial charge in [-0.1, -0.05) is 29.8 Å². The molecule has 0 bridgehead atoms. The summed E-state index contributed by atoms with van der Waals surface area (Å²) in [6.45, 7) is 11.8. The Morgan fingerprint density at radius 2 is 1.79 bits per heavy atom. The Morgan fingerprint density at radius 3 is 2.50 bits per heavy atom. The summed E-state index contributed by atoms with van der Waals surface area (Å²) in [7, 11) is 0. The minimum atomic E-state index is 0.166. The number of hydrogen-bond donors (Lipinski definition) is 2. The van der Waals surface area contributed by atoms with Crippen LogP contribution in [-0.2, 0) is 4.79 Å². The van der Waals surface area contributed by atoms with Crippen molar-refractivity contribution in [2.24, 2.45) is 0 Å². The van der Waals surface area contributed by atoms with Crippen molar-refractivity contribution >= 4 is 23.4 Å². The zero-order valence-corrected chi connectivity index (χ0v) is 18.1. The van der Waals surface area contributed by atoms with Crippen LogP contribution in [0.4, 0.5) is 5.69 Å². The van der Waals surface area contributed by atoms with Gasteiger partial charge in [0, 0.05) is 22.9 Å². The van der Waals surface area contributed by atoms with Gasteiger partial charge in [0.1, 0.15) is 0 Å². The third kappa shape index (κ3) is 5.76. The van der Waals surface area contributed by atoms with Gasteiger partial charge >= 0.3 is 0 Å². The zero-order chi connectivity index (χ0) is 19.9. The van der Waals surface area contributed by atoms with Gasteiger partial charge in [-0.3, -0.25) is 4.79 Å². The molecule has 0 aromatic heterocycles. The number of thioether (sulfide) groups is 1. The second kappa shape index (κ2) is 9.99. The average molecular weight is 399 g/mol. The molecule has 3 rings (SSSR count). The van der Waals surface area contributed by atoms with Crippen LogP contribution in [0.1, 0.15) is 16.7 Å². The molecular formula is C23H32N3OS+. The summed E-state index contributed by atoms with van der Waals surface area (Å²) >= 11 is 1.79. The molecule has 1 saturated heterocycles. The first-order valence-electron chi connectivity index (χ1n) is 10.1. The maximum Gasteiger partial charge on any atom is 0.275 e. The highest BCUT2D eigenvalue weighted by molar-refractivity contribution is 7.99. The molecule has 150 valence electrons. The van der Waals surface area contributed by atoms with Gasteiger partial charge in [0.2, 0.25) is 0 Å². The lowest BCUT2D eigenvalue weighted by molar-refractivity contribution is -0.892. The summed E-state index contributed by atoms with van der Waals surface area (Å²) in [6, 6.07) is 15.1. The molecule has 0 atom stereocenters. The van der Waals surface area contributed by atoms with Crippen LogP contribution in [0.2, 0.25) is 0 Å². The quantitative estimate of drug-likeness (QED) is 0.555. The van der Waals surface area contributed by atoms with E-state index in [2.05, 4.69) is 73.5 Å². The van der Waals surface area contributed by atoms with E-state index >= 15 is 0 Å². The van der Waals surface area contributed by atoms with Gasteiger partial charge in [-0.2, -0.15) is 0 Å². The highest BCUT2D eigenvalue weighted by Gasteiger charge is 2.23. The summed E-state index contributed by atoms with van der Waals surface area (Å²) in [5.74, 6) is 1.07. The second-order valence-electron chi connectivity index (χ2n) is 7.64. The molecule has 28 heavy (non-hydrogen) atoms. The molecule has 0 radical (unpaired) electrons. The number of hydrogen-bond acceptors (Lipinski definition) is 3. The molecule has 5 heteroatoms. The van der Waals surface area contributed by atoms with E-state index in [0.29, 0.717) is 6.54 Å². The second-order valence-corrected chi connectivity index (χ2v) is 8.81. The third-order valence-corrected chi connectivity index (χ3v) is 6.53. The van der Waals surface area contributed by atoms with Gasteiger partial charge in [-0.15, -0.1) is 11.8 Å². The summed E-state index contributed by atoms with van der Waals surface area (Å²) < 4.78 is 0. The fourth-order valence-electron chi connectivity index (χ4n) is 3.60. The van der Waals surface area contributed by atoms with E-state index in [-0.39, 0.29) is 5.91 Å². The van der Waals surface area contributed by atoms with E-state index in [9.17, 15) is 4.79 Å². The van der Waals surface area contributed by atoms with Crippen LogP contribution in [0, 0.1) is 20.8 Å². The largest absolute Gasteiger partial charge is 0.360 e. The monoisotopic (exact) mass is 398 g/mol. The Balaban J connectivity index is 1.35. The molecule has 2 aromatic rings. The number of aryl methyl sites for hydroxylation is 2. The Labute approximate surface area is 173 Å². The molecule has 0 aliphatic carbocycles. The molecule has 1 fully saturated rings. The average Bonchev–Trinajstić information content (AvgIpc) is 2.69. The molecule has 1 aliphatic heterocycles. The zero-order valence-electron chi connectivity index (χ0n) is 17.3. The Hall–Kier alpha value is -1.98. The minimum Gasteiger partial charge on any atom is -0.360 e. The first-order chi connectivity index (χ1) is 13.5. The van der Waals surface area contributed by atoms with Crippen molar-refractivity contribution < 1.29 is 9.69 Å². The van der Waals surface area contributed by atoms with Crippen LogP contribution in [0.3, 0.4) is 0 Å². The van der Waals surface area contributed by atoms with Gasteiger partial charge < -0.3 is 15.1 Å². The van der Waals surface area contributed by atoms with E-state index < -0.39 is 0 Å². The van der Waals surface area contributed by atoms with Crippen molar-refractivity contribution in [1.82, 2.24) is 5.32 Å². The highest BCUT2D eigenvalue weighted by Crippen LogP contribution is 2.22. The van der Waals surface area contributed by atoms with Crippen molar-refractivity contribution in [2.45, 2.75) is 25.7 Å². The lowest BCUT2D eigenvalue weighted by Gasteiger charge is -2.34. The maximum atomic E-state index is 12.3. The number of anilines is 1. The van der Waals surface area contributed by atoms with E-state index in [1.54, 1.807) is 11.8 Å². The highest BCUT2D eigenvalue weighted by atomic mass is 32.2. The fraction of sp³-hybridized carbons (Fsp3) is 0.435. The number of piperazine rings is 1. The van der Waals surface area contributed by atoms with E-state index in [4.69, 9.17) is 0 Å². The maximum absolute atomic E-state index is 12.3. The molecule has 0 unspecified atom stereocenters. The predicted molar refractivity (Wildman–Crippen MR) is 119 cm³/mol. The van der Waals surface area contributed by atoms with Crippen molar-refractivity contribution in [1.29, 1.82) is 0 Å². The molecule has 4 nitrogen and oxygen atoms in total. The van der Waals surface area contributed by atoms with Crippen LogP contribution in [0.5, 0.6) is 0 Å². The molecule has 0 saturated carbocycles. The van der Waals surface area contributed by atoms with Crippen molar-refractivity contribution in [3.05, 3.63) is 59.2 Å². The first-order valence-corrected chi connectivity index (χ1v) is 11.1. The molecule has 1 heterocycles. The smallest absolute Gasteiger partial charge is 0.275 e. The normalized spacial score (nSPS) is 14.9. The summed E-state index contributed by atoms with van der Waals surface area (Å²) in [5.41, 5.74) is 5.33. The van der Waals surface area contributed by atoms with Gasteiger partial charge in [-0.25, -0.2) is 0 Å². The summed E-state index contributed by atoms with van der Waals surface area (Å²) in [4.78, 5) is 17.4. The number of quaternary nitrogens is 1. The molecular weight excluding hydrogens is 366 g/mol. The number of nitrogens with zero attached hydrogens (tertiary/aromatic N) is 1. The van der Waals surface area contributed by atoms with Crippen LogP contribution >= 0.6 is 11.8 Å². The number of nitrogens with one attached hydrogen (secondary N) is 2. The molecule has 2 N–H and O–H groups in total. The number of carbonyl (C=O) groups is 1. The van der Waals surface area contributed by atoms with Gasteiger partial charge in [0.25, 0.3) is 5.91 Å². The summed E-state index contributed by atoms with van der Waals surface area (Å²) in [5, 5.41) is 3.08. The first kappa shape index (κ1) is 20.7. The Bertz CT molecular complexity index is 783. The predicted octanol–water partition coefficient (Wildman–Crippen LogP) is 2.23. The number of amides is 1. The van der Waals surface area contributed by atoms with Crippen LogP contribution in [0.25, 0.3) is 0 Å². The van der Waals surface area contributed by atoms with Crippen LogP contribution in [-0.4, -0.2) is 50.9 Å². The summed E-state index contributed by atoms with van der Waals surface area (Å²) in [6.07, 6.45) is 0. The molecule has 0 spiro atoms. The lowest BCUT2D eigenvalue weighted by atomic mass is 10.1. The number of rotatable bonds is 7. The Kier molecular flexibility index (Phi) is 7.40.